The van der Waals surface area contributed by atoms with Gasteiger partial charge in [-0.3, -0.25) is 4.68 Å². The van der Waals surface area contributed by atoms with Crippen molar-refractivity contribution in [3.63, 3.8) is 0 Å². The highest BCUT2D eigenvalue weighted by Crippen LogP contribution is 2.35. The molecule has 0 amide bonds. The van der Waals surface area contributed by atoms with Gasteiger partial charge in [0.15, 0.2) is 0 Å². The van der Waals surface area contributed by atoms with E-state index in [-0.39, 0.29) is 11.3 Å². The molecular formula is C12H11F3N2O. The Bertz CT molecular complexity index is 548. The highest BCUT2D eigenvalue weighted by Gasteiger charge is 2.35. The molecule has 0 radical (unpaired) electrons. The van der Waals surface area contributed by atoms with Gasteiger partial charge in [-0.15, -0.1) is 0 Å². The Balaban J connectivity index is 2.45. The van der Waals surface area contributed by atoms with Gasteiger partial charge in [-0.1, -0.05) is 18.2 Å². The summed E-state index contributed by atoms with van der Waals surface area (Å²) in [5, 5.41) is 13.9. The predicted molar refractivity (Wildman–Crippen MR) is 58.7 cm³/mol. The highest BCUT2D eigenvalue weighted by molar-refractivity contribution is 5.35. The average Bonchev–Trinajstić information content (AvgIpc) is 2.74. The van der Waals surface area contributed by atoms with Crippen LogP contribution in [0.1, 0.15) is 22.9 Å². The Morgan fingerprint density at radius 1 is 1.22 bits per heavy atom. The molecule has 0 spiro atoms. The number of nitrogens with zero attached hydrogens (tertiary/aromatic N) is 2. The monoisotopic (exact) mass is 256 g/mol. The fraction of sp³-hybridized carbons (Fsp3) is 0.250. The molecule has 0 saturated heterocycles. The van der Waals surface area contributed by atoms with Gasteiger partial charge in [0, 0.05) is 13.2 Å². The van der Waals surface area contributed by atoms with Crippen LogP contribution in [0.15, 0.2) is 36.5 Å². The number of alkyl halides is 3. The van der Waals surface area contributed by atoms with Crippen LogP contribution in [0.3, 0.4) is 0 Å². The second-order valence-corrected chi connectivity index (χ2v) is 3.90. The number of halogens is 3. The molecule has 0 bridgehead atoms. The Morgan fingerprint density at radius 3 is 2.44 bits per heavy atom. The molecule has 1 unspecified atom stereocenters. The first-order chi connectivity index (χ1) is 8.39. The van der Waals surface area contributed by atoms with E-state index in [0.29, 0.717) is 0 Å². The quantitative estimate of drug-likeness (QED) is 0.896. The van der Waals surface area contributed by atoms with E-state index in [1.54, 1.807) is 13.2 Å². The van der Waals surface area contributed by atoms with Gasteiger partial charge in [0.25, 0.3) is 0 Å². The van der Waals surface area contributed by atoms with Crippen LogP contribution >= 0.6 is 0 Å². The second kappa shape index (κ2) is 4.45. The first kappa shape index (κ1) is 12.6. The molecule has 18 heavy (non-hydrogen) atoms. The first-order valence-corrected chi connectivity index (χ1v) is 5.23. The zero-order chi connectivity index (χ0) is 13.3. The van der Waals surface area contributed by atoms with Crippen molar-refractivity contribution in [3.05, 3.63) is 53.3 Å². The van der Waals surface area contributed by atoms with Crippen molar-refractivity contribution in [1.82, 2.24) is 9.78 Å². The van der Waals surface area contributed by atoms with Gasteiger partial charge in [-0.2, -0.15) is 18.3 Å². The summed E-state index contributed by atoms with van der Waals surface area (Å²) in [6, 6.07) is 6.43. The molecule has 2 rings (SSSR count). The van der Waals surface area contributed by atoms with Crippen LogP contribution in [-0.2, 0) is 13.2 Å². The minimum absolute atomic E-state index is 0.189. The molecule has 1 aromatic carbocycles. The number of aliphatic hydroxyl groups is 1. The largest absolute Gasteiger partial charge is 0.416 e. The predicted octanol–water partition coefficient (Wildman–Crippen LogP) is 2.52. The van der Waals surface area contributed by atoms with Crippen molar-refractivity contribution < 1.29 is 18.3 Å². The minimum atomic E-state index is -4.49. The summed E-state index contributed by atoms with van der Waals surface area (Å²) in [6.07, 6.45) is -4.31. The number of aromatic nitrogens is 2. The van der Waals surface area contributed by atoms with E-state index in [0.717, 1.165) is 6.07 Å². The van der Waals surface area contributed by atoms with Gasteiger partial charge in [-0.25, -0.2) is 0 Å². The normalized spacial score (nSPS) is 13.6. The third-order valence-electron chi connectivity index (χ3n) is 2.58. The van der Waals surface area contributed by atoms with Crippen LogP contribution in [0.4, 0.5) is 13.2 Å². The topological polar surface area (TPSA) is 38.0 Å². The van der Waals surface area contributed by atoms with Crippen LogP contribution in [0.2, 0.25) is 0 Å². The van der Waals surface area contributed by atoms with Crippen molar-refractivity contribution in [2.75, 3.05) is 0 Å². The van der Waals surface area contributed by atoms with E-state index in [4.69, 9.17) is 0 Å². The van der Waals surface area contributed by atoms with Crippen LogP contribution in [-0.4, -0.2) is 14.9 Å². The lowest BCUT2D eigenvalue weighted by Crippen LogP contribution is -2.13. The summed E-state index contributed by atoms with van der Waals surface area (Å²) in [5.74, 6) is 0. The highest BCUT2D eigenvalue weighted by atomic mass is 19.4. The zero-order valence-electron chi connectivity index (χ0n) is 9.52. The molecule has 1 aromatic heterocycles. The van der Waals surface area contributed by atoms with Crippen molar-refractivity contribution in [2.45, 2.75) is 12.3 Å². The zero-order valence-corrected chi connectivity index (χ0v) is 9.52. The number of rotatable bonds is 2. The van der Waals surface area contributed by atoms with Crippen LogP contribution in [0.5, 0.6) is 0 Å². The van der Waals surface area contributed by atoms with Crippen LogP contribution in [0.25, 0.3) is 0 Å². The van der Waals surface area contributed by atoms with E-state index < -0.39 is 17.8 Å². The Labute approximate surface area is 101 Å². The maximum absolute atomic E-state index is 12.8. The van der Waals surface area contributed by atoms with E-state index in [1.807, 2.05) is 0 Å². The first-order valence-electron chi connectivity index (χ1n) is 5.23. The Kier molecular flexibility index (Phi) is 3.13. The fourth-order valence-corrected chi connectivity index (χ4v) is 1.73. The lowest BCUT2D eigenvalue weighted by Gasteiger charge is -2.15. The molecule has 0 aliphatic heterocycles. The summed E-state index contributed by atoms with van der Waals surface area (Å²) in [6.45, 7) is 0. The molecule has 0 aliphatic rings. The van der Waals surface area contributed by atoms with Crippen LogP contribution < -0.4 is 0 Å². The SMILES string of the molecule is Cn1ccc(C(O)c2ccccc2C(F)(F)F)n1. The molecule has 96 valence electrons. The van der Waals surface area contributed by atoms with E-state index in [9.17, 15) is 18.3 Å². The smallest absolute Gasteiger partial charge is 0.382 e. The average molecular weight is 256 g/mol. The molecule has 1 N–H and O–H groups in total. The van der Waals surface area contributed by atoms with Gasteiger partial charge in [0.1, 0.15) is 6.10 Å². The number of aryl methyl sites for hydroxylation is 1. The molecule has 0 aliphatic carbocycles. The molecular weight excluding hydrogens is 245 g/mol. The summed E-state index contributed by atoms with van der Waals surface area (Å²) in [5.41, 5.74) is -0.846. The number of aliphatic hydroxyl groups excluding tert-OH is 1. The van der Waals surface area contributed by atoms with Crippen molar-refractivity contribution >= 4 is 0 Å². The maximum atomic E-state index is 12.8. The van der Waals surface area contributed by atoms with Gasteiger partial charge >= 0.3 is 6.18 Å². The van der Waals surface area contributed by atoms with E-state index in [1.165, 1.54) is 28.9 Å². The Hall–Kier alpha value is -1.82. The van der Waals surface area contributed by atoms with Gasteiger partial charge in [-0.05, 0) is 17.7 Å². The summed E-state index contributed by atoms with van der Waals surface area (Å²) in [7, 11) is 1.63. The summed E-state index contributed by atoms with van der Waals surface area (Å²) >= 11 is 0. The molecule has 3 nitrogen and oxygen atoms in total. The summed E-state index contributed by atoms with van der Waals surface area (Å²) < 4.78 is 39.8. The third-order valence-corrected chi connectivity index (χ3v) is 2.58. The number of hydrogen-bond donors (Lipinski definition) is 1. The van der Waals surface area contributed by atoms with Gasteiger partial charge < -0.3 is 5.11 Å². The van der Waals surface area contributed by atoms with Gasteiger partial charge in [0.2, 0.25) is 0 Å². The minimum Gasteiger partial charge on any atom is -0.382 e. The molecule has 2 aromatic rings. The summed E-state index contributed by atoms with van der Waals surface area (Å²) in [4.78, 5) is 0. The standard InChI is InChI=1S/C12H11F3N2O/c1-17-7-6-10(16-17)11(18)8-4-2-3-5-9(8)12(13,14)15/h2-7,11,18H,1H3. The third kappa shape index (κ3) is 2.38. The number of benzene rings is 1. The molecule has 1 heterocycles. The van der Waals surface area contributed by atoms with Crippen LogP contribution in [0, 0.1) is 0 Å². The number of hydrogen-bond acceptors (Lipinski definition) is 2. The van der Waals surface area contributed by atoms with Crippen molar-refractivity contribution in [2.24, 2.45) is 7.05 Å². The van der Waals surface area contributed by atoms with E-state index >= 15 is 0 Å². The fourth-order valence-electron chi connectivity index (χ4n) is 1.73. The molecule has 0 fully saturated rings. The lowest BCUT2D eigenvalue weighted by atomic mass is 10.00. The molecule has 1 atom stereocenters. The van der Waals surface area contributed by atoms with E-state index in [2.05, 4.69) is 5.10 Å². The second-order valence-electron chi connectivity index (χ2n) is 3.90. The molecule has 0 saturated carbocycles. The van der Waals surface area contributed by atoms with Crippen molar-refractivity contribution in [3.8, 4) is 0 Å². The molecule has 6 heteroatoms. The van der Waals surface area contributed by atoms with Crippen molar-refractivity contribution in [1.29, 1.82) is 0 Å². The lowest BCUT2D eigenvalue weighted by molar-refractivity contribution is -0.139. The maximum Gasteiger partial charge on any atom is 0.416 e. The van der Waals surface area contributed by atoms with Gasteiger partial charge in [0.05, 0.1) is 11.3 Å². The Morgan fingerprint density at radius 2 is 1.89 bits per heavy atom.